The predicted octanol–water partition coefficient (Wildman–Crippen LogP) is 4.04. The van der Waals surface area contributed by atoms with Crippen LogP contribution in [0.3, 0.4) is 0 Å². The summed E-state index contributed by atoms with van der Waals surface area (Å²) in [7, 11) is 0. The van der Waals surface area contributed by atoms with Crippen LogP contribution < -0.4 is 5.32 Å². The third-order valence-electron chi connectivity index (χ3n) is 3.22. The zero-order valence-electron chi connectivity index (χ0n) is 11.4. The van der Waals surface area contributed by atoms with Crippen molar-refractivity contribution in [3.63, 3.8) is 0 Å². The molecule has 0 spiro atoms. The Morgan fingerprint density at radius 2 is 1.95 bits per heavy atom. The number of aromatic nitrogens is 2. The van der Waals surface area contributed by atoms with Gasteiger partial charge in [0.2, 0.25) is 0 Å². The number of halogens is 3. The Labute approximate surface area is 123 Å². The molecule has 0 saturated heterocycles. The molecule has 0 radical (unpaired) electrons. The van der Waals surface area contributed by atoms with Crippen molar-refractivity contribution in [3.8, 4) is 0 Å². The molecular formula is C14H12F3N3S. The number of aryl methyl sites for hydroxylation is 2. The van der Waals surface area contributed by atoms with Gasteiger partial charge < -0.3 is 5.32 Å². The highest BCUT2D eigenvalue weighted by Gasteiger charge is 2.15. The van der Waals surface area contributed by atoms with E-state index in [1.54, 1.807) is 11.3 Å². The molecule has 3 aromatic rings. The van der Waals surface area contributed by atoms with Gasteiger partial charge >= 0.3 is 0 Å². The van der Waals surface area contributed by atoms with Crippen LogP contribution in [0.5, 0.6) is 0 Å². The maximum atomic E-state index is 13.6. The lowest BCUT2D eigenvalue weighted by Crippen LogP contribution is -2.06. The Hall–Kier alpha value is -2.02. The maximum Gasteiger partial charge on any atom is 0.196 e. The van der Waals surface area contributed by atoms with Crippen molar-refractivity contribution in [2.75, 3.05) is 5.32 Å². The molecule has 0 bridgehead atoms. The molecule has 0 saturated carbocycles. The number of rotatable bonds is 3. The van der Waals surface area contributed by atoms with E-state index < -0.39 is 17.5 Å². The van der Waals surface area contributed by atoms with Gasteiger partial charge in [-0.1, -0.05) is 0 Å². The molecule has 0 fully saturated rings. The van der Waals surface area contributed by atoms with Gasteiger partial charge in [-0.15, -0.1) is 11.3 Å². The van der Waals surface area contributed by atoms with Crippen molar-refractivity contribution in [2.24, 2.45) is 0 Å². The molecule has 2 aromatic heterocycles. The fraction of sp³-hybridized carbons (Fsp3) is 0.214. The van der Waals surface area contributed by atoms with Crippen LogP contribution in [-0.4, -0.2) is 9.38 Å². The van der Waals surface area contributed by atoms with E-state index in [-0.39, 0.29) is 12.2 Å². The number of hydrogen-bond donors (Lipinski definition) is 1. The summed E-state index contributed by atoms with van der Waals surface area (Å²) in [4.78, 5) is 6.38. The molecule has 0 aliphatic rings. The maximum absolute atomic E-state index is 13.6. The zero-order valence-corrected chi connectivity index (χ0v) is 12.2. The third kappa shape index (κ3) is 2.37. The first-order valence-electron chi connectivity index (χ1n) is 6.28. The highest BCUT2D eigenvalue weighted by molar-refractivity contribution is 7.17. The molecule has 0 aliphatic carbocycles. The minimum Gasteiger partial charge on any atom is -0.377 e. The van der Waals surface area contributed by atoms with Gasteiger partial charge in [0.25, 0.3) is 0 Å². The summed E-state index contributed by atoms with van der Waals surface area (Å²) in [5.41, 5.74) is 1.60. The van der Waals surface area contributed by atoms with Crippen molar-refractivity contribution >= 4 is 22.0 Å². The number of imidazole rings is 1. The zero-order chi connectivity index (χ0) is 15.1. The van der Waals surface area contributed by atoms with E-state index in [9.17, 15) is 13.2 Å². The highest BCUT2D eigenvalue weighted by Crippen LogP contribution is 2.23. The van der Waals surface area contributed by atoms with Gasteiger partial charge in [0.05, 0.1) is 23.6 Å². The quantitative estimate of drug-likeness (QED) is 0.740. The van der Waals surface area contributed by atoms with Crippen LogP contribution in [0.4, 0.5) is 18.9 Å². The Kier molecular flexibility index (Phi) is 3.36. The second-order valence-electron chi connectivity index (χ2n) is 4.71. The van der Waals surface area contributed by atoms with Gasteiger partial charge in [-0.2, -0.15) is 0 Å². The van der Waals surface area contributed by atoms with Crippen molar-refractivity contribution in [1.29, 1.82) is 0 Å². The van der Waals surface area contributed by atoms with Gasteiger partial charge in [-0.05, 0) is 26.0 Å². The van der Waals surface area contributed by atoms with E-state index in [0.29, 0.717) is 0 Å². The predicted molar refractivity (Wildman–Crippen MR) is 76.2 cm³/mol. The number of benzene rings is 1. The van der Waals surface area contributed by atoms with Crippen molar-refractivity contribution in [3.05, 3.63) is 52.0 Å². The lowest BCUT2D eigenvalue weighted by Gasteiger charge is -2.08. The van der Waals surface area contributed by atoms with Crippen LogP contribution in [0.1, 0.15) is 16.3 Å². The molecular weight excluding hydrogens is 299 g/mol. The Morgan fingerprint density at radius 3 is 2.71 bits per heavy atom. The fourth-order valence-corrected chi connectivity index (χ4v) is 3.05. The van der Waals surface area contributed by atoms with Crippen LogP contribution in [0, 0.1) is 31.3 Å². The second-order valence-corrected chi connectivity index (χ2v) is 5.93. The number of hydrogen-bond acceptors (Lipinski definition) is 3. The monoisotopic (exact) mass is 311 g/mol. The van der Waals surface area contributed by atoms with Crippen molar-refractivity contribution < 1.29 is 13.2 Å². The molecule has 0 atom stereocenters. The van der Waals surface area contributed by atoms with Crippen molar-refractivity contribution in [2.45, 2.75) is 20.4 Å². The van der Waals surface area contributed by atoms with E-state index in [2.05, 4.69) is 10.3 Å². The minimum atomic E-state index is -1.47. The molecule has 0 amide bonds. The van der Waals surface area contributed by atoms with Gasteiger partial charge in [0.15, 0.2) is 22.4 Å². The van der Waals surface area contributed by atoms with Crippen LogP contribution in [-0.2, 0) is 6.54 Å². The third-order valence-corrected chi connectivity index (χ3v) is 4.12. The Balaban J connectivity index is 1.90. The first-order chi connectivity index (χ1) is 9.97. The van der Waals surface area contributed by atoms with Crippen LogP contribution in [0.2, 0.25) is 0 Å². The number of anilines is 1. The van der Waals surface area contributed by atoms with E-state index in [1.807, 2.05) is 24.4 Å². The smallest absolute Gasteiger partial charge is 0.196 e. The van der Waals surface area contributed by atoms with Crippen molar-refractivity contribution in [1.82, 2.24) is 9.38 Å². The summed E-state index contributed by atoms with van der Waals surface area (Å²) in [6.07, 6.45) is 1.94. The first kappa shape index (κ1) is 13.9. The van der Waals surface area contributed by atoms with Crippen LogP contribution in [0.15, 0.2) is 18.3 Å². The summed E-state index contributed by atoms with van der Waals surface area (Å²) < 4.78 is 41.6. The minimum absolute atomic E-state index is 0.0739. The van der Waals surface area contributed by atoms with E-state index >= 15 is 0 Å². The fourth-order valence-electron chi connectivity index (χ4n) is 2.16. The van der Waals surface area contributed by atoms with E-state index in [4.69, 9.17) is 0 Å². The summed E-state index contributed by atoms with van der Waals surface area (Å²) in [5, 5.41) is 2.79. The molecule has 7 heteroatoms. The SMILES string of the molecule is Cc1cn2c(CNc3ccc(F)c(F)c3F)c(C)nc2s1. The lowest BCUT2D eigenvalue weighted by molar-refractivity contribution is 0.449. The topological polar surface area (TPSA) is 29.3 Å². The molecule has 110 valence electrons. The van der Waals surface area contributed by atoms with Gasteiger partial charge in [-0.25, -0.2) is 18.2 Å². The molecule has 3 rings (SSSR count). The Morgan fingerprint density at radius 1 is 1.19 bits per heavy atom. The molecule has 0 unspecified atom stereocenters. The number of nitrogens with one attached hydrogen (secondary N) is 1. The average Bonchev–Trinajstić information content (AvgIpc) is 2.91. The molecule has 1 N–H and O–H groups in total. The van der Waals surface area contributed by atoms with Crippen LogP contribution >= 0.6 is 11.3 Å². The normalized spacial score (nSPS) is 11.3. The molecule has 1 aromatic carbocycles. The van der Waals surface area contributed by atoms with Gasteiger partial charge in [0.1, 0.15) is 0 Å². The first-order valence-corrected chi connectivity index (χ1v) is 7.10. The summed E-state index contributed by atoms with van der Waals surface area (Å²) >= 11 is 1.56. The molecule has 0 aliphatic heterocycles. The highest BCUT2D eigenvalue weighted by atomic mass is 32.1. The summed E-state index contributed by atoms with van der Waals surface area (Å²) in [6.45, 7) is 4.10. The number of thiazole rings is 1. The van der Waals surface area contributed by atoms with E-state index in [1.165, 1.54) is 6.07 Å². The van der Waals surface area contributed by atoms with Gasteiger partial charge in [-0.3, -0.25) is 4.40 Å². The molecule has 2 heterocycles. The molecule has 21 heavy (non-hydrogen) atoms. The summed E-state index contributed by atoms with van der Waals surface area (Å²) in [6, 6.07) is 2.08. The average molecular weight is 311 g/mol. The van der Waals surface area contributed by atoms with Gasteiger partial charge in [0, 0.05) is 11.1 Å². The van der Waals surface area contributed by atoms with E-state index in [0.717, 1.165) is 27.3 Å². The second kappa shape index (κ2) is 5.07. The van der Waals surface area contributed by atoms with Crippen LogP contribution in [0.25, 0.3) is 4.96 Å². The number of nitrogens with zero attached hydrogens (tertiary/aromatic N) is 2. The molecule has 3 nitrogen and oxygen atoms in total. The lowest BCUT2D eigenvalue weighted by atomic mass is 10.2. The standard InChI is InChI=1S/C14H12F3N3S/c1-7-6-20-11(8(2)19-14(20)21-7)5-18-10-4-3-9(15)12(16)13(10)17/h3-4,6,18H,5H2,1-2H3. The summed E-state index contributed by atoms with van der Waals surface area (Å²) in [5.74, 6) is -3.88. The number of fused-ring (bicyclic) bond motifs is 1. The Bertz CT molecular complexity index is 823. The largest absolute Gasteiger partial charge is 0.377 e.